The highest BCUT2D eigenvalue weighted by atomic mass is 19.4. The summed E-state index contributed by atoms with van der Waals surface area (Å²) in [7, 11) is 0.832. The van der Waals surface area contributed by atoms with E-state index < -0.39 is 30.1 Å². The van der Waals surface area contributed by atoms with Crippen LogP contribution in [-0.2, 0) is 21.8 Å². The van der Waals surface area contributed by atoms with Crippen molar-refractivity contribution in [2.75, 3.05) is 7.11 Å². The van der Waals surface area contributed by atoms with Crippen LogP contribution in [0.25, 0.3) is 0 Å². The molecule has 0 aliphatic carbocycles. The second-order valence-corrected chi connectivity index (χ2v) is 6.41. The molecule has 0 unspecified atom stereocenters. The van der Waals surface area contributed by atoms with E-state index in [0.29, 0.717) is 11.9 Å². The van der Waals surface area contributed by atoms with Gasteiger partial charge in [0.2, 0.25) is 0 Å². The van der Waals surface area contributed by atoms with Crippen molar-refractivity contribution in [3.05, 3.63) is 29.3 Å². The van der Waals surface area contributed by atoms with E-state index >= 15 is 0 Å². The third kappa shape index (κ3) is 3.25. The molecule has 0 aromatic heterocycles. The molecule has 0 saturated carbocycles. The second-order valence-electron chi connectivity index (χ2n) is 6.41. The first kappa shape index (κ1) is 17.2. The van der Waals surface area contributed by atoms with Crippen LogP contribution in [-0.4, -0.2) is 25.4 Å². The van der Waals surface area contributed by atoms with Gasteiger partial charge in [0.1, 0.15) is 5.75 Å². The van der Waals surface area contributed by atoms with Gasteiger partial charge in [-0.1, -0.05) is 6.07 Å². The molecule has 1 fully saturated rings. The highest BCUT2D eigenvalue weighted by Gasteiger charge is 2.51. The van der Waals surface area contributed by atoms with E-state index in [1.807, 2.05) is 27.7 Å². The average Bonchev–Trinajstić information content (AvgIpc) is 2.56. The minimum absolute atomic E-state index is 0.185. The zero-order valence-electron chi connectivity index (χ0n) is 13.4. The Labute approximate surface area is 128 Å². The molecule has 1 saturated heterocycles. The molecule has 0 amide bonds. The molecule has 1 aromatic carbocycles. The summed E-state index contributed by atoms with van der Waals surface area (Å²) < 4.78 is 55.0. The largest absolute Gasteiger partial charge is 0.496 e. The normalized spacial score (nSPS) is 20.3. The summed E-state index contributed by atoms with van der Waals surface area (Å²) in [5.41, 5.74) is -1.07. The zero-order chi connectivity index (χ0) is 16.8. The number of methoxy groups -OCH3 is 1. The SMILES string of the molecule is COc1cc(C(F)(F)F)ccc1CB1OC(C)(C)C(C)(C)O1. The Morgan fingerprint density at radius 1 is 1.09 bits per heavy atom. The molecule has 1 aliphatic heterocycles. The Morgan fingerprint density at radius 2 is 1.64 bits per heavy atom. The molecule has 0 N–H and O–H groups in total. The van der Waals surface area contributed by atoms with Crippen molar-refractivity contribution in [3.8, 4) is 5.75 Å². The van der Waals surface area contributed by atoms with Gasteiger partial charge in [0.05, 0.1) is 23.9 Å². The van der Waals surface area contributed by atoms with Crippen molar-refractivity contribution in [1.29, 1.82) is 0 Å². The Balaban J connectivity index is 2.21. The average molecular weight is 316 g/mol. The van der Waals surface area contributed by atoms with Crippen molar-refractivity contribution in [2.45, 2.75) is 51.4 Å². The lowest BCUT2D eigenvalue weighted by Crippen LogP contribution is -2.41. The third-order valence-electron chi connectivity index (χ3n) is 4.30. The number of hydrogen-bond donors (Lipinski definition) is 0. The minimum Gasteiger partial charge on any atom is -0.496 e. The van der Waals surface area contributed by atoms with E-state index in [9.17, 15) is 13.2 Å². The van der Waals surface area contributed by atoms with Gasteiger partial charge in [-0.2, -0.15) is 13.2 Å². The number of hydrogen-bond acceptors (Lipinski definition) is 3. The van der Waals surface area contributed by atoms with Crippen molar-refractivity contribution < 1.29 is 27.2 Å². The maximum atomic E-state index is 12.7. The van der Waals surface area contributed by atoms with Crippen LogP contribution in [0.4, 0.5) is 13.2 Å². The van der Waals surface area contributed by atoms with Crippen LogP contribution in [0.3, 0.4) is 0 Å². The summed E-state index contributed by atoms with van der Waals surface area (Å²) in [6.07, 6.45) is -4.07. The fraction of sp³-hybridized carbons (Fsp3) is 0.600. The molecule has 3 nitrogen and oxygen atoms in total. The predicted octanol–water partition coefficient (Wildman–Crippen LogP) is 3.89. The molecule has 0 radical (unpaired) electrons. The molecule has 122 valence electrons. The smallest absolute Gasteiger partial charge is 0.462 e. The molecule has 0 spiro atoms. The van der Waals surface area contributed by atoms with Crippen LogP contribution in [0.5, 0.6) is 5.75 Å². The molecule has 0 atom stereocenters. The van der Waals surface area contributed by atoms with E-state index in [-0.39, 0.29) is 5.75 Å². The van der Waals surface area contributed by atoms with E-state index in [2.05, 4.69) is 0 Å². The molecular weight excluding hydrogens is 296 g/mol. The molecule has 1 aliphatic rings. The molecule has 7 heteroatoms. The second kappa shape index (κ2) is 5.46. The van der Waals surface area contributed by atoms with Crippen molar-refractivity contribution in [3.63, 3.8) is 0 Å². The van der Waals surface area contributed by atoms with Gasteiger partial charge in [-0.05, 0) is 45.4 Å². The van der Waals surface area contributed by atoms with Gasteiger partial charge < -0.3 is 14.0 Å². The van der Waals surface area contributed by atoms with Gasteiger partial charge in [0, 0.05) is 6.32 Å². The number of ether oxygens (including phenoxy) is 1. The summed E-state index contributed by atoms with van der Waals surface area (Å²) in [4.78, 5) is 0. The molecule has 0 bridgehead atoms. The molecule has 1 aromatic rings. The third-order valence-corrected chi connectivity index (χ3v) is 4.30. The maximum Gasteiger partial charge on any atom is 0.462 e. The lowest BCUT2D eigenvalue weighted by atomic mass is 9.80. The van der Waals surface area contributed by atoms with E-state index in [4.69, 9.17) is 14.0 Å². The maximum absolute atomic E-state index is 12.7. The fourth-order valence-corrected chi connectivity index (χ4v) is 2.32. The van der Waals surface area contributed by atoms with Gasteiger partial charge in [-0.3, -0.25) is 0 Å². The van der Waals surface area contributed by atoms with Crippen LogP contribution >= 0.6 is 0 Å². The van der Waals surface area contributed by atoms with Crippen molar-refractivity contribution >= 4 is 7.12 Å². The zero-order valence-corrected chi connectivity index (χ0v) is 13.4. The van der Waals surface area contributed by atoms with Crippen LogP contribution < -0.4 is 4.74 Å². The highest BCUT2D eigenvalue weighted by molar-refractivity contribution is 6.45. The van der Waals surface area contributed by atoms with Crippen LogP contribution in [0.2, 0.25) is 0 Å². The molecule has 1 heterocycles. The lowest BCUT2D eigenvalue weighted by molar-refractivity contribution is -0.137. The first-order valence-electron chi connectivity index (χ1n) is 7.06. The number of benzene rings is 1. The van der Waals surface area contributed by atoms with Crippen molar-refractivity contribution in [2.24, 2.45) is 0 Å². The lowest BCUT2D eigenvalue weighted by Gasteiger charge is -2.32. The Kier molecular flexibility index (Phi) is 4.26. The van der Waals surface area contributed by atoms with E-state index in [0.717, 1.165) is 12.1 Å². The van der Waals surface area contributed by atoms with Gasteiger partial charge in [-0.15, -0.1) is 0 Å². The summed E-state index contributed by atoms with van der Waals surface area (Å²) in [5, 5.41) is 0. The van der Waals surface area contributed by atoms with Crippen LogP contribution in [0, 0.1) is 0 Å². The van der Waals surface area contributed by atoms with Gasteiger partial charge in [-0.25, -0.2) is 0 Å². The standard InChI is InChI=1S/C15H20BF3O3/c1-13(2)14(3,4)22-16(21-13)9-10-6-7-11(15(17,18)19)8-12(10)20-5/h6-8H,9H2,1-5H3. The van der Waals surface area contributed by atoms with Gasteiger partial charge in [0.25, 0.3) is 0 Å². The molecular formula is C15H20BF3O3. The number of rotatable bonds is 3. The first-order valence-corrected chi connectivity index (χ1v) is 7.06. The Bertz CT molecular complexity index is 539. The minimum atomic E-state index is -4.39. The summed E-state index contributed by atoms with van der Waals surface area (Å²) in [5.74, 6) is 0.185. The number of alkyl halides is 3. The van der Waals surface area contributed by atoms with Crippen LogP contribution in [0.1, 0.15) is 38.8 Å². The molecule has 2 rings (SSSR count). The monoisotopic (exact) mass is 316 g/mol. The van der Waals surface area contributed by atoms with E-state index in [1.54, 1.807) is 0 Å². The highest BCUT2D eigenvalue weighted by Crippen LogP contribution is 2.39. The van der Waals surface area contributed by atoms with E-state index in [1.165, 1.54) is 13.2 Å². The van der Waals surface area contributed by atoms with Gasteiger partial charge >= 0.3 is 13.3 Å². The quantitative estimate of drug-likeness (QED) is 0.792. The summed E-state index contributed by atoms with van der Waals surface area (Å²) >= 11 is 0. The number of halogens is 3. The van der Waals surface area contributed by atoms with Gasteiger partial charge in [0.15, 0.2) is 0 Å². The fourth-order valence-electron chi connectivity index (χ4n) is 2.32. The topological polar surface area (TPSA) is 27.7 Å². The molecule has 22 heavy (non-hydrogen) atoms. The Morgan fingerprint density at radius 3 is 2.09 bits per heavy atom. The van der Waals surface area contributed by atoms with Crippen molar-refractivity contribution in [1.82, 2.24) is 0 Å². The summed E-state index contributed by atoms with van der Waals surface area (Å²) in [6.45, 7) is 7.71. The predicted molar refractivity (Wildman–Crippen MR) is 77.8 cm³/mol. The summed E-state index contributed by atoms with van der Waals surface area (Å²) in [6, 6.07) is 3.45. The first-order chi connectivity index (χ1) is 9.96. The Hall–Kier alpha value is -1.21. The van der Waals surface area contributed by atoms with Crippen LogP contribution in [0.15, 0.2) is 18.2 Å².